The number of rotatable bonds is 20. The molecule has 305 valence electrons. The first kappa shape index (κ1) is 49.0. The molecule has 10 N–H and O–H groups in total. The number of aliphatic hydroxyl groups excluding tert-OH is 2. The number of ether oxygens (including phenoxy) is 1. The fourth-order valence-corrected chi connectivity index (χ4v) is 8.11. The number of imidazole rings is 1. The zero-order valence-electron chi connectivity index (χ0n) is 30.2. The average molecular weight is 857 g/mol. The largest absolute Gasteiger partial charge is 0.481 e. The molecule has 3 rings (SSSR count). The van der Waals surface area contributed by atoms with Crippen molar-refractivity contribution >= 4 is 88.0 Å². The van der Waals surface area contributed by atoms with E-state index in [1.807, 2.05) is 0 Å². The SMILES string of the molecule is CC(C)=CC(=O)SCCNC(=O)CCNC(=O)C(O)C(C)(C)COP(=O)(O)OP(=O)(O)OCC1OC(n2cnc3c(N)ncnc32)C(O)C1OP(=O)(O)O.[Li]. The molecule has 1 aliphatic heterocycles. The van der Waals surface area contributed by atoms with Crippen molar-refractivity contribution in [3.8, 4) is 0 Å². The van der Waals surface area contributed by atoms with Gasteiger partial charge in [0.25, 0.3) is 0 Å². The van der Waals surface area contributed by atoms with E-state index in [9.17, 15) is 57.9 Å². The summed E-state index contributed by atoms with van der Waals surface area (Å²) in [6, 6.07) is 0. The molecule has 2 amide bonds. The van der Waals surface area contributed by atoms with E-state index in [4.69, 9.17) is 19.5 Å². The van der Waals surface area contributed by atoms with Crippen LogP contribution in [-0.2, 0) is 50.7 Å². The van der Waals surface area contributed by atoms with Gasteiger partial charge in [0, 0.05) is 49.5 Å². The quantitative estimate of drug-likeness (QED) is 0.0342. The molecule has 1 radical (unpaired) electrons. The average Bonchev–Trinajstić information content (AvgIpc) is 3.60. The van der Waals surface area contributed by atoms with Crippen molar-refractivity contribution in [2.24, 2.45) is 5.41 Å². The predicted molar refractivity (Wildman–Crippen MR) is 192 cm³/mol. The van der Waals surface area contributed by atoms with Crippen LogP contribution in [0.3, 0.4) is 0 Å². The van der Waals surface area contributed by atoms with Crippen LogP contribution in [-0.4, -0.2) is 142 Å². The van der Waals surface area contributed by atoms with Gasteiger partial charge < -0.3 is 50.9 Å². The number of carbonyl (C=O) groups excluding carboxylic acids is 3. The predicted octanol–water partition coefficient (Wildman–Crippen LogP) is -0.750. The Kier molecular flexibility index (Phi) is 18.3. The third kappa shape index (κ3) is 15.3. The van der Waals surface area contributed by atoms with Gasteiger partial charge in [-0.3, -0.25) is 32.5 Å². The van der Waals surface area contributed by atoms with E-state index in [-0.39, 0.29) is 60.5 Å². The van der Waals surface area contributed by atoms with Crippen LogP contribution in [0.2, 0.25) is 0 Å². The van der Waals surface area contributed by atoms with Crippen molar-refractivity contribution in [1.82, 2.24) is 30.2 Å². The molecule has 0 saturated carbocycles. The maximum Gasteiger partial charge on any atom is 0.481 e. The standard InChI is InChI=1S/C26H42N7O17P3S.Li/c1-14(2)9-17(35)54-8-7-28-16(34)5-6-29-24(38)21(37)26(3,4)11-47-53(44,45)50-52(42,43)46-10-15-20(49-51(39,40)41)19(36)25(48-15)33-13-32-18-22(27)30-12-31-23(18)33;/h9,12-13,15,19-21,25,36-37H,5-8,10-11H2,1-4H3,(H,28,34)(H,29,38)(H,42,43)(H,44,45)(H2,27,30,31)(H2,39,40,41);. The van der Waals surface area contributed by atoms with Crippen LogP contribution in [0.5, 0.6) is 0 Å². The van der Waals surface area contributed by atoms with Crippen LogP contribution < -0.4 is 16.4 Å². The molecule has 55 heavy (non-hydrogen) atoms. The summed E-state index contributed by atoms with van der Waals surface area (Å²) in [5, 5.41) is 26.1. The van der Waals surface area contributed by atoms with Crippen molar-refractivity contribution in [3.63, 3.8) is 0 Å². The minimum absolute atomic E-state index is 0. The molecule has 1 fully saturated rings. The minimum atomic E-state index is -5.57. The van der Waals surface area contributed by atoms with Crippen LogP contribution in [0.25, 0.3) is 11.2 Å². The van der Waals surface area contributed by atoms with Crippen LogP contribution in [0.1, 0.15) is 40.3 Å². The molecule has 0 spiro atoms. The normalized spacial score (nSPS) is 21.5. The fourth-order valence-electron chi connectivity index (χ4n) is 4.56. The van der Waals surface area contributed by atoms with E-state index in [1.165, 1.54) is 19.9 Å². The number of carbonyl (C=O) groups is 3. The number of nitrogen functional groups attached to an aromatic ring is 1. The second-order valence-electron chi connectivity index (χ2n) is 12.5. The van der Waals surface area contributed by atoms with Gasteiger partial charge in [-0.25, -0.2) is 28.6 Å². The molecular weight excluding hydrogens is 814 g/mol. The Morgan fingerprint density at radius 3 is 2.36 bits per heavy atom. The fraction of sp³-hybridized carbons (Fsp3) is 0.615. The number of aromatic nitrogens is 4. The summed E-state index contributed by atoms with van der Waals surface area (Å²) in [6.07, 6.45) is -5.45. The second kappa shape index (κ2) is 20.5. The van der Waals surface area contributed by atoms with Crippen molar-refractivity contribution in [2.45, 2.75) is 64.8 Å². The molecule has 24 nitrogen and oxygen atoms in total. The van der Waals surface area contributed by atoms with Crippen molar-refractivity contribution in [1.29, 1.82) is 0 Å². The number of thioether (sulfide) groups is 1. The number of phosphoric acid groups is 3. The Balaban J connectivity index is 0.0000105. The maximum absolute atomic E-state index is 12.6. The number of nitrogens with two attached hydrogens (primary N) is 1. The molecule has 0 bridgehead atoms. The number of nitrogens with zero attached hydrogens (tertiary/aromatic N) is 4. The Morgan fingerprint density at radius 2 is 1.73 bits per heavy atom. The molecule has 7 atom stereocenters. The number of amides is 2. The summed E-state index contributed by atoms with van der Waals surface area (Å²) in [4.78, 5) is 87.0. The number of hydrogen-bond acceptors (Lipinski definition) is 18. The van der Waals surface area contributed by atoms with Gasteiger partial charge >= 0.3 is 23.5 Å². The van der Waals surface area contributed by atoms with Crippen molar-refractivity contribution in [3.05, 3.63) is 24.3 Å². The van der Waals surface area contributed by atoms with E-state index in [0.717, 1.165) is 34.6 Å². The zero-order chi connectivity index (χ0) is 40.6. The summed E-state index contributed by atoms with van der Waals surface area (Å²) < 4.78 is 62.0. The van der Waals surface area contributed by atoms with Crippen LogP contribution in [0.15, 0.2) is 24.3 Å². The summed E-state index contributed by atoms with van der Waals surface area (Å²) in [6.45, 7) is 4.03. The minimum Gasteiger partial charge on any atom is -0.386 e. The zero-order valence-corrected chi connectivity index (χ0v) is 33.7. The Hall–Kier alpha value is -2.10. The van der Waals surface area contributed by atoms with E-state index in [0.29, 0.717) is 5.75 Å². The van der Waals surface area contributed by atoms with Gasteiger partial charge in [0.05, 0.1) is 19.5 Å². The Labute approximate surface area is 329 Å². The number of phosphoric ester groups is 3. The summed E-state index contributed by atoms with van der Waals surface area (Å²) >= 11 is 1.02. The van der Waals surface area contributed by atoms with E-state index in [2.05, 4.69) is 34.4 Å². The van der Waals surface area contributed by atoms with Gasteiger partial charge in [0.15, 0.2) is 17.7 Å². The topological polar surface area (TPSA) is 364 Å². The van der Waals surface area contributed by atoms with Gasteiger partial charge in [-0.1, -0.05) is 31.2 Å². The second-order valence-corrected chi connectivity index (χ2v) is 17.8. The van der Waals surface area contributed by atoms with E-state index in [1.54, 1.807) is 13.8 Å². The summed E-state index contributed by atoms with van der Waals surface area (Å²) in [5.41, 5.74) is 5.10. The van der Waals surface area contributed by atoms with Gasteiger partial charge in [-0.15, -0.1) is 0 Å². The number of hydrogen-bond donors (Lipinski definition) is 9. The molecule has 3 heterocycles. The number of allylic oxidation sites excluding steroid dienone is 1. The van der Waals surface area contributed by atoms with E-state index < -0.39 is 84.6 Å². The molecule has 7 unspecified atom stereocenters. The van der Waals surface area contributed by atoms with Crippen LogP contribution >= 0.6 is 35.2 Å². The third-order valence-corrected chi connectivity index (χ3v) is 11.1. The number of nitrogens with one attached hydrogen (secondary N) is 2. The monoisotopic (exact) mass is 856 g/mol. The maximum atomic E-state index is 12.6. The van der Waals surface area contributed by atoms with Gasteiger partial charge in [-0.2, -0.15) is 4.31 Å². The van der Waals surface area contributed by atoms with Crippen molar-refractivity contribution < 1.29 is 80.5 Å². The molecule has 0 aliphatic carbocycles. The number of aliphatic hydroxyl groups is 2. The first-order valence-corrected chi connectivity index (χ1v) is 21.1. The first-order chi connectivity index (χ1) is 24.9. The molecule has 2 aromatic rings. The molecular formula is C26H42LiN7O17P3S. The van der Waals surface area contributed by atoms with Crippen molar-refractivity contribution in [2.75, 3.05) is 37.8 Å². The third-order valence-electron chi connectivity index (χ3n) is 7.15. The van der Waals surface area contributed by atoms with Crippen LogP contribution in [0.4, 0.5) is 5.82 Å². The van der Waals surface area contributed by atoms with Gasteiger partial charge in [0.2, 0.25) is 16.9 Å². The van der Waals surface area contributed by atoms with Gasteiger partial charge in [-0.05, 0) is 19.9 Å². The summed E-state index contributed by atoms with van der Waals surface area (Å²) in [7, 11) is -16.4. The smallest absolute Gasteiger partial charge is 0.386 e. The molecule has 1 aliphatic rings. The Morgan fingerprint density at radius 1 is 1.07 bits per heavy atom. The van der Waals surface area contributed by atoms with Gasteiger partial charge in [0.1, 0.15) is 36.3 Å². The Bertz CT molecular complexity index is 1850. The van der Waals surface area contributed by atoms with Crippen LogP contribution in [0, 0.1) is 5.41 Å². The molecule has 1 saturated heterocycles. The number of anilines is 1. The first-order valence-electron chi connectivity index (χ1n) is 15.6. The molecule has 29 heteroatoms. The van der Waals surface area contributed by atoms with E-state index >= 15 is 0 Å². The number of fused-ring (bicyclic) bond motifs is 1. The summed E-state index contributed by atoms with van der Waals surface area (Å²) in [5.74, 6) is -1.13. The molecule has 2 aromatic heterocycles. The molecule has 0 aromatic carbocycles.